The second kappa shape index (κ2) is 8.72. The summed E-state index contributed by atoms with van der Waals surface area (Å²) in [5.74, 6) is 1.68. The topological polar surface area (TPSA) is 42.2 Å². The third kappa shape index (κ3) is 4.76. The fourth-order valence-electron chi connectivity index (χ4n) is 2.55. The summed E-state index contributed by atoms with van der Waals surface area (Å²) in [5, 5.41) is 2.93. The lowest BCUT2D eigenvalue weighted by molar-refractivity contribution is 0.0910. The standard InChI is InChI=1S/C21H20FNO2S/c1-15(16-7-3-2-4-8-16)23-21(24)20-12-11-18(25-20)14-26-13-17-9-5-6-10-19(17)22/h2-12,15H,13-14H2,1H3,(H,23,24). The minimum absolute atomic E-state index is 0.104. The minimum atomic E-state index is -0.244. The Hall–Kier alpha value is -2.53. The highest BCUT2D eigenvalue weighted by atomic mass is 32.2. The molecule has 1 amide bonds. The molecule has 0 aliphatic carbocycles. The fraction of sp³-hybridized carbons (Fsp3) is 0.190. The van der Waals surface area contributed by atoms with Crippen molar-refractivity contribution in [3.8, 4) is 0 Å². The molecule has 134 valence electrons. The number of nitrogens with one attached hydrogen (secondary N) is 1. The van der Waals surface area contributed by atoms with E-state index in [1.165, 1.54) is 6.07 Å². The van der Waals surface area contributed by atoms with Crippen LogP contribution in [0.15, 0.2) is 71.1 Å². The molecule has 1 heterocycles. The Kier molecular flexibility index (Phi) is 6.12. The summed E-state index contributed by atoms with van der Waals surface area (Å²) < 4.78 is 19.2. The molecule has 0 aliphatic heterocycles. The second-order valence-corrected chi connectivity index (χ2v) is 6.94. The van der Waals surface area contributed by atoms with Gasteiger partial charge in [-0.25, -0.2) is 4.39 Å². The lowest BCUT2D eigenvalue weighted by Gasteiger charge is -2.13. The van der Waals surface area contributed by atoms with E-state index in [1.807, 2.05) is 43.3 Å². The van der Waals surface area contributed by atoms with Gasteiger partial charge in [0.1, 0.15) is 11.6 Å². The van der Waals surface area contributed by atoms with E-state index in [0.717, 1.165) is 5.56 Å². The number of furan rings is 1. The Bertz CT molecular complexity index is 863. The summed E-state index contributed by atoms with van der Waals surface area (Å²) in [6.45, 7) is 1.93. The molecule has 1 unspecified atom stereocenters. The minimum Gasteiger partial charge on any atom is -0.455 e. The van der Waals surface area contributed by atoms with Gasteiger partial charge in [-0.05, 0) is 36.2 Å². The maximum Gasteiger partial charge on any atom is 0.287 e. The zero-order valence-corrected chi connectivity index (χ0v) is 15.3. The molecular weight excluding hydrogens is 349 g/mol. The van der Waals surface area contributed by atoms with Crippen LogP contribution in [0.25, 0.3) is 0 Å². The molecule has 0 aliphatic rings. The first kappa shape index (κ1) is 18.3. The molecule has 1 atom stereocenters. The summed E-state index contributed by atoms with van der Waals surface area (Å²) in [5.41, 5.74) is 1.70. The summed E-state index contributed by atoms with van der Waals surface area (Å²) in [7, 11) is 0. The van der Waals surface area contributed by atoms with Crippen molar-refractivity contribution in [3.63, 3.8) is 0 Å². The predicted octanol–water partition coefficient (Wildman–Crippen LogP) is 5.34. The van der Waals surface area contributed by atoms with Crippen LogP contribution in [0, 0.1) is 5.82 Å². The number of rotatable bonds is 7. The van der Waals surface area contributed by atoms with Crippen LogP contribution < -0.4 is 5.32 Å². The van der Waals surface area contributed by atoms with E-state index < -0.39 is 0 Å². The molecule has 26 heavy (non-hydrogen) atoms. The Morgan fingerprint density at radius 2 is 1.77 bits per heavy atom. The first-order valence-corrected chi connectivity index (χ1v) is 9.54. The Morgan fingerprint density at radius 1 is 1.04 bits per heavy atom. The molecular formula is C21H20FNO2S. The van der Waals surface area contributed by atoms with Gasteiger partial charge in [0, 0.05) is 5.75 Å². The molecule has 0 spiro atoms. The number of hydrogen-bond acceptors (Lipinski definition) is 3. The molecule has 2 aromatic carbocycles. The van der Waals surface area contributed by atoms with Gasteiger partial charge >= 0.3 is 0 Å². The van der Waals surface area contributed by atoms with Crippen molar-refractivity contribution in [2.24, 2.45) is 0 Å². The van der Waals surface area contributed by atoms with Crippen LogP contribution in [-0.2, 0) is 11.5 Å². The number of thioether (sulfide) groups is 1. The van der Waals surface area contributed by atoms with Crippen LogP contribution >= 0.6 is 11.8 Å². The number of carbonyl (C=O) groups excluding carboxylic acids is 1. The van der Waals surface area contributed by atoms with E-state index in [4.69, 9.17) is 4.42 Å². The van der Waals surface area contributed by atoms with Crippen molar-refractivity contribution in [1.82, 2.24) is 5.32 Å². The van der Waals surface area contributed by atoms with E-state index in [0.29, 0.717) is 22.8 Å². The third-order valence-corrected chi connectivity index (χ3v) is 5.00. The van der Waals surface area contributed by atoms with Gasteiger partial charge < -0.3 is 9.73 Å². The number of halogens is 1. The molecule has 0 radical (unpaired) electrons. The highest BCUT2D eigenvalue weighted by molar-refractivity contribution is 7.97. The maximum atomic E-state index is 13.6. The average molecular weight is 369 g/mol. The normalized spacial score (nSPS) is 11.9. The summed E-state index contributed by atoms with van der Waals surface area (Å²) >= 11 is 1.54. The smallest absolute Gasteiger partial charge is 0.287 e. The quantitative estimate of drug-likeness (QED) is 0.611. The molecule has 3 rings (SSSR count). The van der Waals surface area contributed by atoms with Crippen molar-refractivity contribution in [2.45, 2.75) is 24.5 Å². The van der Waals surface area contributed by atoms with E-state index in [-0.39, 0.29) is 23.5 Å². The zero-order valence-electron chi connectivity index (χ0n) is 14.4. The fourth-order valence-corrected chi connectivity index (χ4v) is 3.46. The SMILES string of the molecule is CC(NC(=O)c1ccc(CSCc2ccccc2F)o1)c1ccccc1. The van der Waals surface area contributed by atoms with Gasteiger partial charge in [0.25, 0.3) is 5.91 Å². The Labute approximate surface area is 156 Å². The van der Waals surface area contributed by atoms with Crippen LogP contribution in [0.4, 0.5) is 4.39 Å². The monoisotopic (exact) mass is 369 g/mol. The highest BCUT2D eigenvalue weighted by Gasteiger charge is 2.15. The first-order chi connectivity index (χ1) is 12.6. The molecule has 1 N–H and O–H groups in total. The average Bonchev–Trinajstić information content (AvgIpc) is 3.13. The second-order valence-electron chi connectivity index (χ2n) is 5.96. The molecule has 0 saturated heterocycles. The Morgan fingerprint density at radius 3 is 2.54 bits per heavy atom. The molecule has 5 heteroatoms. The predicted molar refractivity (Wildman–Crippen MR) is 102 cm³/mol. The lowest BCUT2D eigenvalue weighted by Crippen LogP contribution is -2.26. The largest absolute Gasteiger partial charge is 0.455 e. The highest BCUT2D eigenvalue weighted by Crippen LogP contribution is 2.21. The number of hydrogen-bond donors (Lipinski definition) is 1. The summed E-state index contributed by atoms with van der Waals surface area (Å²) in [4.78, 5) is 12.3. The molecule has 3 nitrogen and oxygen atoms in total. The molecule has 1 aromatic heterocycles. The van der Waals surface area contributed by atoms with Gasteiger partial charge in [0.05, 0.1) is 11.8 Å². The van der Waals surface area contributed by atoms with Gasteiger partial charge in [0.15, 0.2) is 5.76 Å². The zero-order chi connectivity index (χ0) is 18.4. The van der Waals surface area contributed by atoms with Crippen LogP contribution in [0.2, 0.25) is 0 Å². The van der Waals surface area contributed by atoms with Gasteiger partial charge in [-0.15, -0.1) is 11.8 Å². The van der Waals surface area contributed by atoms with Crippen LogP contribution in [0.3, 0.4) is 0 Å². The van der Waals surface area contributed by atoms with Crippen molar-refractivity contribution in [2.75, 3.05) is 0 Å². The van der Waals surface area contributed by atoms with Gasteiger partial charge in [0.2, 0.25) is 0 Å². The van der Waals surface area contributed by atoms with Crippen LogP contribution in [-0.4, -0.2) is 5.91 Å². The number of benzene rings is 2. The van der Waals surface area contributed by atoms with Crippen molar-refractivity contribution >= 4 is 17.7 Å². The number of carbonyl (C=O) groups is 1. The molecule has 0 saturated carbocycles. The van der Waals surface area contributed by atoms with Gasteiger partial charge in [-0.1, -0.05) is 48.5 Å². The molecule has 0 bridgehead atoms. The lowest BCUT2D eigenvalue weighted by atomic mass is 10.1. The first-order valence-electron chi connectivity index (χ1n) is 8.39. The van der Waals surface area contributed by atoms with Crippen molar-refractivity contribution in [3.05, 3.63) is 95.2 Å². The van der Waals surface area contributed by atoms with E-state index in [1.54, 1.807) is 36.0 Å². The summed E-state index contributed by atoms with van der Waals surface area (Å²) in [6, 6.07) is 19.8. The van der Waals surface area contributed by atoms with E-state index in [9.17, 15) is 9.18 Å². The third-order valence-electron chi connectivity index (χ3n) is 3.99. The van der Waals surface area contributed by atoms with Crippen molar-refractivity contribution in [1.29, 1.82) is 0 Å². The molecule has 3 aromatic rings. The number of amides is 1. The maximum absolute atomic E-state index is 13.6. The van der Waals surface area contributed by atoms with Crippen LogP contribution in [0.1, 0.15) is 40.4 Å². The van der Waals surface area contributed by atoms with Gasteiger partial charge in [-0.2, -0.15) is 0 Å². The van der Waals surface area contributed by atoms with Crippen LogP contribution in [0.5, 0.6) is 0 Å². The van der Waals surface area contributed by atoms with E-state index in [2.05, 4.69) is 5.32 Å². The van der Waals surface area contributed by atoms with Crippen molar-refractivity contribution < 1.29 is 13.6 Å². The van der Waals surface area contributed by atoms with Gasteiger partial charge in [-0.3, -0.25) is 4.79 Å². The van der Waals surface area contributed by atoms with E-state index >= 15 is 0 Å². The molecule has 0 fully saturated rings. The summed E-state index contributed by atoms with van der Waals surface area (Å²) in [6.07, 6.45) is 0. The Balaban J connectivity index is 1.52.